The summed E-state index contributed by atoms with van der Waals surface area (Å²) in [6, 6.07) is 19.6. The Morgan fingerprint density at radius 1 is 1.00 bits per heavy atom. The highest BCUT2D eigenvalue weighted by atomic mass is 16.5. The summed E-state index contributed by atoms with van der Waals surface area (Å²) in [5, 5.41) is 12.1. The molecule has 2 unspecified atom stereocenters. The second-order valence-electron chi connectivity index (χ2n) is 8.14. The van der Waals surface area contributed by atoms with E-state index in [-0.39, 0.29) is 11.9 Å². The third kappa shape index (κ3) is 2.57. The van der Waals surface area contributed by atoms with Crippen LogP contribution in [0.1, 0.15) is 44.7 Å². The number of benzene rings is 2. The average Bonchev–Trinajstić information content (AvgIpc) is 2.92. The quantitative estimate of drug-likeness (QED) is 0.822. The van der Waals surface area contributed by atoms with Crippen LogP contribution in [0.4, 0.5) is 0 Å². The van der Waals surface area contributed by atoms with Gasteiger partial charge in [-0.3, -0.25) is 4.79 Å². The van der Waals surface area contributed by atoms with Crippen molar-refractivity contribution in [1.82, 2.24) is 0 Å². The Bertz CT molecular complexity index is 727. The van der Waals surface area contributed by atoms with Gasteiger partial charge in [0, 0.05) is 5.92 Å². The lowest BCUT2D eigenvalue weighted by Crippen LogP contribution is -2.48. The number of aliphatic hydroxyl groups is 1. The first-order chi connectivity index (χ1) is 12.3. The van der Waals surface area contributed by atoms with Gasteiger partial charge in [-0.25, -0.2) is 0 Å². The van der Waals surface area contributed by atoms with Gasteiger partial charge in [-0.2, -0.15) is 0 Å². The number of hydrogen-bond acceptors (Lipinski definition) is 3. The second kappa shape index (κ2) is 6.55. The van der Waals surface area contributed by atoms with Crippen molar-refractivity contribution < 1.29 is 14.6 Å². The molecule has 3 nitrogen and oxygen atoms in total. The number of ether oxygens (including phenoxy) is 1. The Labute approximate surface area is 156 Å². The van der Waals surface area contributed by atoms with E-state index in [1.807, 2.05) is 67.6 Å². The molecule has 0 aliphatic heterocycles. The second-order valence-corrected chi connectivity index (χ2v) is 8.14. The highest BCUT2D eigenvalue weighted by Gasteiger charge is 2.62. The van der Waals surface area contributed by atoms with Crippen LogP contribution in [-0.4, -0.2) is 18.2 Å². The summed E-state index contributed by atoms with van der Waals surface area (Å²) in [6.45, 7) is 6.13. The van der Waals surface area contributed by atoms with E-state index in [1.165, 1.54) is 7.11 Å². The molecule has 1 N–H and O–H groups in total. The molecule has 1 aliphatic rings. The van der Waals surface area contributed by atoms with Crippen molar-refractivity contribution in [1.29, 1.82) is 0 Å². The van der Waals surface area contributed by atoms with E-state index in [0.29, 0.717) is 6.42 Å². The van der Waals surface area contributed by atoms with Gasteiger partial charge in [0.15, 0.2) is 0 Å². The minimum absolute atomic E-state index is 0.121. The zero-order chi connectivity index (χ0) is 19.0. The van der Waals surface area contributed by atoms with Crippen molar-refractivity contribution >= 4 is 5.97 Å². The first-order valence-electron chi connectivity index (χ1n) is 9.20. The van der Waals surface area contributed by atoms with Crippen LogP contribution in [0.5, 0.6) is 0 Å². The predicted molar refractivity (Wildman–Crippen MR) is 103 cm³/mol. The van der Waals surface area contributed by atoms with Gasteiger partial charge in [-0.05, 0) is 36.3 Å². The molecule has 0 spiro atoms. The number of methoxy groups -OCH3 is 1. The lowest BCUT2D eigenvalue weighted by atomic mass is 9.59. The molecule has 0 heterocycles. The number of carbonyl (C=O) groups is 1. The molecule has 138 valence electrons. The molecule has 0 aromatic heterocycles. The Morgan fingerprint density at radius 2 is 1.46 bits per heavy atom. The van der Waals surface area contributed by atoms with Crippen LogP contribution in [0.3, 0.4) is 0 Å². The van der Waals surface area contributed by atoms with Gasteiger partial charge in [0.25, 0.3) is 0 Å². The van der Waals surface area contributed by atoms with E-state index in [9.17, 15) is 9.90 Å². The maximum Gasteiger partial charge on any atom is 0.312 e. The smallest absolute Gasteiger partial charge is 0.312 e. The van der Waals surface area contributed by atoms with Crippen molar-refractivity contribution in [2.45, 2.75) is 39.2 Å². The lowest BCUT2D eigenvalue weighted by Gasteiger charge is -2.46. The van der Waals surface area contributed by atoms with E-state index in [0.717, 1.165) is 17.5 Å². The van der Waals surface area contributed by atoms with E-state index in [1.54, 1.807) is 0 Å². The van der Waals surface area contributed by atoms with Crippen LogP contribution in [0.25, 0.3) is 0 Å². The maximum absolute atomic E-state index is 12.6. The summed E-state index contributed by atoms with van der Waals surface area (Å²) in [7, 11) is 1.44. The largest absolute Gasteiger partial charge is 0.469 e. The van der Waals surface area contributed by atoms with Gasteiger partial charge in [0.05, 0.1) is 12.5 Å². The Balaban J connectivity index is 2.17. The molecular formula is C23H28O3. The molecule has 0 saturated heterocycles. The van der Waals surface area contributed by atoms with Crippen LogP contribution < -0.4 is 0 Å². The molecule has 2 aromatic carbocycles. The topological polar surface area (TPSA) is 46.5 Å². The molecular weight excluding hydrogens is 324 g/mol. The zero-order valence-electron chi connectivity index (χ0n) is 16.0. The van der Waals surface area contributed by atoms with E-state index in [4.69, 9.17) is 4.74 Å². The fraction of sp³-hybridized carbons (Fsp3) is 0.435. The standard InChI is InChI=1S/C23H28O3/c1-21(2)19(15-16-22(21,3)20(24)26-4)23(25,17-11-7-5-8-12-17)18-13-9-6-10-14-18/h5-14,19,25H,15-16H2,1-4H3. The molecule has 3 heteroatoms. The van der Waals surface area contributed by atoms with Crippen molar-refractivity contribution in [3.63, 3.8) is 0 Å². The fourth-order valence-electron chi connectivity index (χ4n) is 4.78. The minimum atomic E-state index is -1.17. The highest BCUT2D eigenvalue weighted by molar-refractivity contribution is 5.78. The van der Waals surface area contributed by atoms with Gasteiger partial charge < -0.3 is 9.84 Å². The summed E-state index contributed by atoms with van der Waals surface area (Å²) in [4.78, 5) is 12.6. The van der Waals surface area contributed by atoms with Crippen LogP contribution in [-0.2, 0) is 15.1 Å². The first kappa shape index (κ1) is 18.7. The molecule has 1 aliphatic carbocycles. The van der Waals surface area contributed by atoms with E-state index < -0.39 is 16.4 Å². The molecule has 2 atom stereocenters. The summed E-state index contributed by atoms with van der Waals surface area (Å²) >= 11 is 0. The lowest BCUT2D eigenvalue weighted by molar-refractivity contribution is -0.161. The molecule has 0 amide bonds. The number of rotatable bonds is 4. The van der Waals surface area contributed by atoms with Crippen molar-refractivity contribution in [3.05, 3.63) is 71.8 Å². The monoisotopic (exact) mass is 352 g/mol. The number of hydrogen-bond donors (Lipinski definition) is 1. The van der Waals surface area contributed by atoms with Crippen molar-refractivity contribution in [3.8, 4) is 0 Å². The summed E-state index contributed by atoms with van der Waals surface area (Å²) in [6.07, 6.45) is 1.44. The SMILES string of the molecule is COC(=O)C1(C)CCC(C(O)(c2ccccc2)c2ccccc2)C1(C)C. The molecule has 3 rings (SSSR count). The highest BCUT2D eigenvalue weighted by Crippen LogP contribution is 2.62. The van der Waals surface area contributed by atoms with Crippen molar-refractivity contribution in [2.75, 3.05) is 7.11 Å². The van der Waals surface area contributed by atoms with Crippen LogP contribution in [0, 0.1) is 16.7 Å². The van der Waals surface area contributed by atoms with Crippen LogP contribution in [0.2, 0.25) is 0 Å². The van der Waals surface area contributed by atoms with Gasteiger partial charge >= 0.3 is 5.97 Å². The van der Waals surface area contributed by atoms with Gasteiger partial charge in [0.2, 0.25) is 0 Å². The van der Waals surface area contributed by atoms with E-state index >= 15 is 0 Å². The number of esters is 1. The van der Waals surface area contributed by atoms with Gasteiger partial charge in [-0.1, -0.05) is 74.5 Å². The van der Waals surface area contributed by atoms with Crippen LogP contribution >= 0.6 is 0 Å². The molecule has 1 saturated carbocycles. The predicted octanol–water partition coefficient (Wildman–Crippen LogP) is 4.54. The fourth-order valence-corrected chi connectivity index (χ4v) is 4.78. The molecule has 2 aromatic rings. The third-order valence-corrected chi connectivity index (χ3v) is 6.79. The first-order valence-corrected chi connectivity index (χ1v) is 9.20. The summed E-state index contributed by atoms with van der Waals surface area (Å²) < 4.78 is 5.12. The van der Waals surface area contributed by atoms with Gasteiger partial charge in [-0.15, -0.1) is 0 Å². The summed E-state index contributed by atoms with van der Waals surface area (Å²) in [5.41, 5.74) is -0.528. The summed E-state index contributed by atoms with van der Waals surface area (Å²) in [5.74, 6) is -0.322. The zero-order valence-corrected chi connectivity index (χ0v) is 16.0. The molecule has 0 radical (unpaired) electrons. The Morgan fingerprint density at radius 3 is 1.88 bits per heavy atom. The normalized spacial score (nSPS) is 25.0. The van der Waals surface area contributed by atoms with Crippen molar-refractivity contribution in [2.24, 2.45) is 16.7 Å². The molecule has 26 heavy (non-hydrogen) atoms. The molecule has 0 bridgehead atoms. The Hall–Kier alpha value is -2.13. The number of carbonyl (C=O) groups excluding carboxylic acids is 1. The average molecular weight is 352 g/mol. The van der Waals surface area contributed by atoms with Crippen LogP contribution in [0.15, 0.2) is 60.7 Å². The van der Waals surface area contributed by atoms with E-state index in [2.05, 4.69) is 13.8 Å². The maximum atomic E-state index is 12.6. The Kier molecular flexibility index (Phi) is 4.70. The molecule has 1 fully saturated rings. The third-order valence-electron chi connectivity index (χ3n) is 6.79. The van der Waals surface area contributed by atoms with Gasteiger partial charge in [0.1, 0.15) is 5.60 Å². The minimum Gasteiger partial charge on any atom is -0.469 e.